The summed E-state index contributed by atoms with van der Waals surface area (Å²) in [7, 11) is 2.34. The highest BCUT2D eigenvalue weighted by molar-refractivity contribution is 6.03. The van der Waals surface area contributed by atoms with Crippen molar-refractivity contribution in [2.75, 3.05) is 14.2 Å². The van der Waals surface area contributed by atoms with Crippen LogP contribution in [0.2, 0.25) is 0 Å². The molecule has 0 unspecified atom stereocenters. The number of hydrogen-bond acceptors (Lipinski definition) is 6. The summed E-state index contributed by atoms with van der Waals surface area (Å²) in [5.41, 5.74) is -0.166. The number of esters is 2. The van der Waals surface area contributed by atoms with Gasteiger partial charge >= 0.3 is 11.9 Å². The summed E-state index contributed by atoms with van der Waals surface area (Å²) >= 11 is 0. The molecule has 6 nitrogen and oxygen atoms in total. The first kappa shape index (κ1) is 11.3. The van der Waals surface area contributed by atoms with Crippen LogP contribution >= 0.6 is 0 Å². The number of carbonyl (C=O) groups excluding carboxylic acids is 2. The number of rotatable bonds is 3. The van der Waals surface area contributed by atoms with E-state index in [2.05, 4.69) is 9.47 Å². The third kappa shape index (κ3) is 1.99. The number of ether oxygens (including phenoxy) is 2. The van der Waals surface area contributed by atoms with Crippen LogP contribution in [0.3, 0.4) is 0 Å². The molecule has 0 fully saturated rings. The average Bonchev–Trinajstić information content (AvgIpc) is 2.70. The van der Waals surface area contributed by atoms with Crippen molar-refractivity contribution >= 4 is 11.9 Å². The van der Waals surface area contributed by atoms with Crippen molar-refractivity contribution in [2.45, 2.75) is 6.61 Å². The maximum absolute atomic E-state index is 11.3. The van der Waals surface area contributed by atoms with Crippen molar-refractivity contribution in [3.05, 3.63) is 23.2 Å². The highest BCUT2D eigenvalue weighted by Crippen LogP contribution is 2.19. The standard InChI is InChI=1S/C9H10O6/c1-13-8(11)5-4-15-6(3-10)7(5)9(12)14-2/h4,10H,3H2,1-2H3. The summed E-state index contributed by atoms with van der Waals surface area (Å²) in [6, 6.07) is 0. The van der Waals surface area contributed by atoms with E-state index in [-0.39, 0.29) is 16.9 Å². The SMILES string of the molecule is COC(=O)c1coc(CO)c1C(=O)OC. The Morgan fingerprint density at radius 2 is 1.93 bits per heavy atom. The minimum absolute atomic E-state index is 0.0257. The Labute approximate surface area is 85.4 Å². The van der Waals surface area contributed by atoms with Crippen LogP contribution in [0.25, 0.3) is 0 Å². The van der Waals surface area contributed by atoms with Gasteiger partial charge in [-0.25, -0.2) is 9.59 Å². The quantitative estimate of drug-likeness (QED) is 0.730. The van der Waals surface area contributed by atoms with Gasteiger partial charge in [0.25, 0.3) is 0 Å². The zero-order valence-electron chi connectivity index (χ0n) is 8.27. The van der Waals surface area contributed by atoms with Crippen molar-refractivity contribution in [2.24, 2.45) is 0 Å². The minimum Gasteiger partial charge on any atom is -0.465 e. The molecule has 0 aliphatic rings. The predicted octanol–water partition coefficient (Wildman–Crippen LogP) is 0.345. The Balaban J connectivity index is 3.23. The van der Waals surface area contributed by atoms with Crippen LogP contribution in [0.15, 0.2) is 10.7 Å². The number of carbonyl (C=O) groups is 2. The Bertz CT molecular complexity index is 378. The molecule has 0 aliphatic carbocycles. The molecule has 0 saturated heterocycles. The van der Waals surface area contributed by atoms with Gasteiger partial charge < -0.3 is 19.0 Å². The van der Waals surface area contributed by atoms with Crippen LogP contribution in [0.4, 0.5) is 0 Å². The van der Waals surface area contributed by atoms with Crippen molar-refractivity contribution in [1.29, 1.82) is 0 Å². The molecule has 1 aromatic heterocycles. The number of methoxy groups -OCH3 is 2. The fraction of sp³-hybridized carbons (Fsp3) is 0.333. The number of aliphatic hydroxyl groups excluding tert-OH is 1. The first-order valence-electron chi connectivity index (χ1n) is 4.03. The molecule has 1 aromatic rings. The van der Waals surface area contributed by atoms with E-state index in [1.54, 1.807) is 0 Å². The van der Waals surface area contributed by atoms with Crippen LogP contribution < -0.4 is 0 Å². The number of furan rings is 1. The summed E-state index contributed by atoms with van der Waals surface area (Å²) in [5.74, 6) is -1.51. The first-order chi connectivity index (χ1) is 7.15. The second kappa shape index (κ2) is 4.61. The topological polar surface area (TPSA) is 86.0 Å². The van der Waals surface area contributed by atoms with E-state index in [9.17, 15) is 9.59 Å². The van der Waals surface area contributed by atoms with Gasteiger partial charge in [-0.2, -0.15) is 0 Å². The summed E-state index contributed by atoms with van der Waals surface area (Å²) in [5, 5.41) is 8.88. The molecule has 1 N–H and O–H groups in total. The molecule has 6 heteroatoms. The third-order valence-electron chi connectivity index (χ3n) is 1.81. The molecule has 0 radical (unpaired) electrons. The lowest BCUT2D eigenvalue weighted by Gasteiger charge is -2.00. The van der Waals surface area contributed by atoms with Gasteiger partial charge in [-0.3, -0.25) is 0 Å². The van der Waals surface area contributed by atoms with Crippen molar-refractivity contribution in [3.8, 4) is 0 Å². The molecule has 15 heavy (non-hydrogen) atoms. The summed E-state index contributed by atoms with van der Waals surface area (Å²) < 4.78 is 13.7. The van der Waals surface area contributed by atoms with Crippen molar-refractivity contribution in [1.82, 2.24) is 0 Å². The van der Waals surface area contributed by atoms with E-state index >= 15 is 0 Å². The molecule has 0 amide bonds. The van der Waals surface area contributed by atoms with Crippen LogP contribution in [0, 0.1) is 0 Å². The zero-order chi connectivity index (χ0) is 11.4. The van der Waals surface area contributed by atoms with Gasteiger partial charge in [-0.05, 0) is 0 Å². The van der Waals surface area contributed by atoms with Gasteiger partial charge in [-0.1, -0.05) is 0 Å². The Morgan fingerprint density at radius 1 is 1.33 bits per heavy atom. The van der Waals surface area contributed by atoms with Gasteiger partial charge in [0.15, 0.2) is 0 Å². The highest BCUT2D eigenvalue weighted by Gasteiger charge is 2.25. The van der Waals surface area contributed by atoms with Crippen molar-refractivity contribution < 1.29 is 28.6 Å². The van der Waals surface area contributed by atoms with E-state index < -0.39 is 18.5 Å². The molecular weight excluding hydrogens is 204 g/mol. The largest absolute Gasteiger partial charge is 0.465 e. The monoisotopic (exact) mass is 214 g/mol. The van der Waals surface area contributed by atoms with E-state index in [4.69, 9.17) is 9.52 Å². The van der Waals surface area contributed by atoms with E-state index in [0.29, 0.717) is 0 Å². The van der Waals surface area contributed by atoms with Gasteiger partial charge in [0.2, 0.25) is 0 Å². The second-order valence-electron chi connectivity index (χ2n) is 2.59. The molecule has 0 aliphatic heterocycles. The Morgan fingerprint density at radius 3 is 2.40 bits per heavy atom. The van der Waals surface area contributed by atoms with Crippen molar-refractivity contribution in [3.63, 3.8) is 0 Å². The lowest BCUT2D eigenvalue weighted by atomic mass is 10.1. The molecular formula is C9H10O6. The molecule has 1 heterocycles. The molecule has 0 aromatic carbocycles. The van der Waals surface area contributed by atoms with Crippen LogP contribution in [0.5, 0.6) is 0 Å². The molecule has 0 atom stereocenters. The average molecular weight is 214 g/mol. The Hall–Kier alpha value is -1.82. The smallest absolute Gasteiger partial charge is 0.342 e. The van der Waals surface area contributed by atoms with Gasteiger partial charge in [0.1, 0.15) is 29.8 Å². The minimum atomic E-state index is -0.756. The molecule has 0 bridgehead atoms. The Kier molecular flexibility index (Phi) is 3.46. The van der Waals surface area contributed by atoms with Crippen LogP contribution in [-0.4, -0.2) is 31.3 Å². The van der Waals surface area contributed by atoms with Gasteiger partial charge in [-0.15, -0.1) is 0 Å². The van der Waals surface area contributed by atoms with Gasteiger partial charge in [0, 0.05) is 0 Å². The molecule has 0 spiro atoms. The van der Waals surface area contributed by atoms with Crippen LogP contribution in [0.1, 0.15) is 26.5 Å². The molecule has 82 valence electrons. The lowest BCUT2D eigenvalue weighted by Crippen LogP contribution is -2.11. The summed E-state index contributed by atoms with van der Waals surface area (Å²) in [6.45, 7) is -0.499. The lowest BCUT2D eigenvalue weighted by molar-refractivity contribution is 0.0554. The van der Waals surface area contributed by atoms with E-state index in [1.165, 1.54) is 7.11 Å². The maximum Gasteiger partial charge on any atom is 0.342 e. The summed E-state index contributed by atoms with van der Waals surface area (Å²) in [6.07, 6.45) is 1.05. The van der Waals surface area contributed by atoms with E-state index in [0.717, 1.165) is 13.4 Å². The summed E-state index contributed by atoms with van der Waals surface area (Å²) in [4.78, 5) is 22.5. The third-order valence-corrected chi connectivity index (χ3v) is 1.81. The molecule has 1 rings (SSSR count). The maximum atomic E-state index is 11.3. The number of aliphatic hydroxyl groups is 1. The number of hydrogen-bond donors (Lipinski definition) is 1. The zero-order valence-corrected chi connectivity index (χ0v) is 8.27. The van der Waals surface area contributed by atoms with E-state index in [1.807, 2.05) is 0 Å². The fourth-order valence-electron chi connectivity index (χ4n) is 1.10. The predicted molar refractivity (Wildman–Crippen MR) is 47.3 cm³/mol. The molecule has 0 saturated carbocycles. The second-order valence-corrected chi connectivity index (χ2v) is 2.59. The van der Waals surface area contributed by atoms with Crippen LogP contribution in [-0.2, 0) is 16.1 Å². The highest BCUT2D eigenvalue weighted by atomic mass is 16.5. The van der Waals surface area contributed by atoms with Gasteiger partial charge in [0.05, 0.1) is 14.2 Å². The first-order valence-corrected chi connectivity index (χ1v) is 4.03. The normalized spacial score (nSPS) is 9.80. The fourth-order valence-corrected chi connectivity index (χ4v) is 1.10.